The van der Waals surface area contributed by atoms with Gasteiger partial charge in [-0.2, -0.15) is 0 Å². The zero-order valence-electron chi connectivity index (χ0n) is 14.6. The number of likely N-dealkylation sites (tertiary alicyclic amines) is 1. The number of carbonyl (C=O) groups excluding carboxylic acids is 1. The van der Waals surface area contributed by atoms with Gasteiger partial charge >= 0.3 is 5.97 Å². The van der Waals surface area contributed by atoms with Gasteiger partial charge in [0.15, 0.2) is 0 Å². The normalized spacial score (nSPS) is 21.8. The van der Waals surface area contributed by atoms with Crippen LogP contribution in [0.4, 0.5) is 0 Å². The van der Waals surface area contributed by atoms with Crippen LogP contribution in [0.25, 0.3) is 0 Å². The number of piperidine rings is 1. The fourth-order valence-electron chi connectivity index (χ4n) is 3.04. The SMILES string of the molecule is CCC1(C)CCN(CCCCC(C)(NC)C(=O)OC)CC1. The molecular weight excluding hydrogens is 264 g/mol. The van der Waals surface area contributed by atoms with Crippen LogP contribution in [0.2, 0.25) is 0 Å². The van der Waals surface area contributed by atoms with Crippen molar-refractivity contribution in [3.05, 3.63) is 0 Å². The monoisotopic (exact) mass is 298 g/mol. The smallest absolute Gasteiger partial charge is 0.325 e. The first-order valence-corrected chi connectivity index (χ1v) is 8.39. The molecule has 1 atom stereocenters. The molecule has 0 aromatic rings. The van der Waals surface area contributed by atoms with Crippen LogP contribution in [0.5, 0.6) is 0 Å². The van der Waals surface area contributed by atoms with Crippen molar-refractivity contribution in [1.29, 1.82) is 0 Å². The van der Waals surface area contributed by atoms with Crippen molar-refractivity contribution in [3.63, 3.8) is 0 Å². The molecule has 0 saturated carbocycles. The van der Waals surface area contributed by atoms with E-state index < -0.39 is 5.54 Å². The molecule has 1 rings (SSSR count). The number of hydrogen-bond acceptors (Lipinski definition) is 4. The summed E-state index contributed by atoms with van der Waals surface area (Å²) in [6, 6.07) is 0. The van der Waals surface area contributed by atoms with Crippen LogP contribution in [0.3, 0.4) is 0 Å². The Morgan fingerprint density at radius 1 is 1.33 bits per heavy atom. The Bertz CT molecular complexity index is 325. The van der Waals surface area contributed by atoms with Crippen LogP contribution in [0, 0.1) is 5.41 Å². The van der Waals surface area contributed by atoms with E-state index in [4.69, 9.17) is 4.74 Å². The molecule has 0 radical (unpaired) electrons. The van der Waals surface area contributed by atoms with Gasteiger partial charge in [-0.1, -0.05) is 20.3 Å². The Balaban J connectivity index is 2.24. The molecule has 1 N–H and O–H groups in total. The molecule has 0 aliphatic carbocycles. The molecule has 124 valence electrons. The number of ether oxygens (including phenoxy) is 1. The van der Waals surface area contributed by atoms with Crippen LogP contribution < -0.4 is 5.32 Å². The zero-order valence-corrected chi connectivity index (χ0v) is 14.6. The summed E-state index contributed by atoms with van der Waals surface area (Å²) in [6.45, 7) is 10.3. The first-order valence-electron chi connectivity index (χ1n) is 8.39. The van der Waals surface area contributed by atoms with Crippen molar-refractivity contribution in [3.8, 4) is 0 Å². The molecule has 0 spiro atoms. The minimum atomic E-state index is -0.544. The highest BCUT2D eigenvalue weighted by molar-refractivity contribution is 5.80. The summed E-state index contributed by atoms with van der Waals surface area (Å²) in [4.78, 5) is 14.3. The van der Waals surface area contributed by atoms with Crippen molar-refractivity contribution in [2.24, 2.45) is 5.41 Å². The topological polar surface area (TPSA) is 41.6 Å². The van der Waals surface area contributed by atoms with Gasteiger partial charge in [-0.3, -0.25) is 4.79 Å². The van der Waals surface area contributed by atoms with Crippen molar-refractivity contribution in [2.75, 3.05) is 33.8 Å². The molecule has 4 heteroatoms. The minimum Gasteiger partial charge on any atom is -0.468 e. The van der Waals surface area contributed by atoms with E-state index in [1.165, 1.54) is 39.5 Å². The maximum Gasteiger partial charge on any atom is 0.325 e. The van der Waals surface area contributed by atoms with Gasteiger partial charge in [0.1, 0.15) is 5.54 Å². The lowest BCUT2D eigenvalue weighted by Crippen LogP contribution is -2.48. The van der Waals surface area contributed by atoms with E-state index in [-0.39, 0.29) is 5.97 Å². The van der Waals surface area contributed by atoms with E-state index in [0.717, 1.165) is 25.8 Å². The van der Waals surface area contributed by atoms with Crippen molar-refractivity contribution >= 4 is 5.97 Å². The third kappa shape index (κ3) is 5.26. The van der Waals surface area contributed by atoms with E-state index in [1.807, 2.05) is 14.0 Å². The summed E-state index contributed by atoms with van der Waals surface area (Å²) < 4.78 is 4.88. The molecule has 1 saturated heterocycles. The van der Waals surface area contributed by atoms with Gasteiger partial charge in [-0.15, -0.1) is 0 Å². The molecule has 0 aromatic carbocycles. The number of unbranched alkanes of at least 4 members (excludes halogenated alkanes) is 1. The molecule has 0 aromatic heterocycles. The highest BCUT2D eigenvalue weighted by atomic mass is 16.5. The van der Waals surface area contributed by atoms with Gasteiger partial charge in [0.2, 0.25) is 0 Å². The first-order chi connectivity index (χ1) is 9.89. The fraction of sp³-hybridized carbons (Fsp3) is 0.941. The maximum atomic E-state index is 11.8. The average molecular weight is 298 g/mol. The quantitative estimate of drug-likeness (QED) is 0.553. The van der Waals surface area contributed by atoms with Crippen molar-refractivity contribution in [2.45, 2.75) is 64.8 Å². The number of likely N-dealkylation sites (N-methyl/N-ethyl adjacent to an activating group) is 1. The summed E-state index contributed by atoms with van der Waals surface area (Å²) >= 11 is 0. The number of carbonyl (C=O) groups is 1. The second kappa shape index (κ2) is 8.14. The summed E-state index contributed by atoms with van der Waals surface area (Å²) in [5, 5.41) is 3.10. The molecule has 4 nitrogen and oxygen atoms in total. The highest BCUT2D eigenvalue weighted by Crippen LogP contribution is 2.33. The van der Waals surface area contributed by atoms with Gasteiger partial charge in [0.05, 0.1) is 7.11 Å². The molecule has 21 heavy (non-hydrogen) atoms. The maximum absolute atomic E-state index is 11.8. The number of rotatable bonds is 8. The summed E-state index contributed by atoms with van der Waals surface area (Å²) in [5.41, 5.74) is 0.0174. The molecule has 1 unspecified atom stereocenters. The summed E-state index contributed by atoms with van der Waals surface area (Å²) in [7, 11) is 3.28. The van der Waals surface area contributed by atoms with Gasteiger partial charge in [-0.25, -0.2) is 0 Å². The second-order valence-corrected chi connectivity index (χ2v) is 7.04. The van der Waals surface area contributed by atoms with Crippen LogP contribution in [-0.2, 0) is 9.53 Å². The molecular formula is C17H34N2O2. The molecule has 0 bridgehead atoms. The molecule has 0 amide bonds. The lowest BCUT2D eigenvalue weighted by atomic mass is 9.78. The number of methoxy groups -OCH3 is 1. The Morgan fingerprint density at radius 2 is 1.95 bits per heavy atom. The van der Waals surface area contributed by atoms with Gasteiger partial charge in [0.25, 0.3) is 0 Å². The second-order valence-electron chi connectivity index (χ2n) is 7.04. The lowest BCUT2D eigenvalue weighted by Gasteiger charge is -2.39. The average Bonchev–Trinajstić information content (AvgIpc) is 2.52. The van der Waals surface area contributed by atoms with Gasteiger partial charge in [0, 0.05) is 0 Å². The van der Waals surface area contributed by atoms with Crippen LogP contribution in [0.15, 0.2) is 0 Å². The molecule has 1 aliphatic heterocycles. The van der Waals surface area contributed by atoms with Crippen molar-refractivity contribution < 1.29 is 9.53 Å². The van der Waals surface area contributed by atoms with Gasteiger partial charge in [-0.05, 0) is 71.1 Å². The number of nitrogens with one attached hydrogen (secondary N) is 1. The van der Waals surface area contributed by atoms with E-state index in [9.17, 15) is 4.79 Å². The van der Waals surface area contributed by atoms with E-state index in [1.54, 1.807) is 0 Å². The lowest BCUT2D eigenvalue weighted by molar-refractivity contribution is -0.148. The fourth-order valence-corrected chi connectivity index (χ4v) is 3.04. The standard InChI is InChI=1S/C17H34N2O2/c1-6-16(2)10-13-19(14-11-16)12-8-7-9-17(3,18-4)15(20)21-5/h18H,6-14H2,1-5H3. The Morgan fingerprint density at radius 3 is 2.43 bits per heavy atom. The molecule has 1 heterocycles. The number of nitrogens with zero attached hydrogens (tertiary/aromatic N) is 1. The predicted octanol–water partition coefficient (Wildman–Crippen LogP) is 2.82. The Labute approximate surface area is 130 Å². The van der Waals surface area contributed by atoms with Gasteiger partial charge < -0.3 is 15.0 Å². The van der Waals surface area contributed by atoms with E-state index in [0.29, 0.717) is 5.41 Å². The van der Waals surface area contributed by atoms with E-state index >= 15 is 0 Å². The van der Waals surface area contributed by atoms with Crippen LogP contribution >= 0.6 is 0 Å². The highest BCUT2D eigenvalue weighted by Gasteiger charge is 2.32. The minimum absolute atomic E-state index is 0.165. The van der Waals surface area contributed by atoms with Crippen LogP contribution in [-0.4, -0.2) is 50.2 Å². The largest absolute Gasteiger partial charge is 0.468 e. The molecule has 1 aliphatic rings. The van der Waals surface area contributed by atoms with E-state index in [2.05, 4.69) is 24.1 Å². The molecule has 1 fully saturated rings. The van der Waals surface area contributed by atoms with Crippen LogP contribution in [0.1, 0.15) is 59.3 Å². The summed E-state index contributed by atoms with van der Waals surface area (Å²) in [6.07, 6.45) is 6.96. The zero-order chi connectivity index (χ0) is 15.9. The number of hydrogen-bond donors (Lipinski definition) is 1. The Kier molecular flexibility index (Phi) is 7.14. The van der Waals surface area contributed by atoms with Crippen molar-refractivity contribution in [1.82, 2.24) is 10.2 Å². The third-order valence-electron chi connectivity index (χ3n) is 5.51. The first kappa shape index (κ1) is 18.4. The summed E-state index contributed by atoms with van der Waals surface area (Å²) in [5.74, 6) is -0.165. The number of esters is 1. The predicted molar refractivity (Wildman–Crippen MR) is 87.4 cm³/mol. The third-order valence-corrected chi connectivity index (χ3v) is 5.51. The Hall–Kier alpha value is -0.610.